The smallest absolute Gasteiger partial charge is 0.338 e. The van der Waals surface area contributed by atoms with Crippen LogP contribution in [-0.2, 0) is 22.5 Å². The molecule has 162 valence electrons. The largest absolute Gasteiger partial charge is 0.462 e. The standard InChI is InChI=1S/C28H27NO3/c1-2-32-28(31)22-14-13-21-15-24-25(26(23(21)16-22)20-11-7-4-8-12-20)18-29(27(24)30)17-19-9-5-3-6-10-19/h3-14,16,24-26H,2,15,17-18H2,1H3. The Bertz CT molecular complexity index is 1130. The summed E-state index contributed by atoms with van der Waals surface area (Å²) in [6.45, 7) is 3.53. The topological polar surface area (TPSA) is 46.6 Å². The van der Waals surface area contributed by atoms with Crippen LogP contribution >= 0.6 is 0 Å². The minimum absolute atomic E-state index is 0.0372. The molecule has 1 amide bonds. The number of esters is 1. The Balaban J connectivity index is 1.53. The van der Waals surface area contributed by atoms with Gasteiger partial charge in [-0.25, -0.2) is 4.79 Å². The molecule has 1 fully saturated rings. The maximum Gasteiger partial charge on any atom is 0.338 e. The Morgan fingerprint density at radius 1 is 1.00 bits per heavy atom. The van der Waals surface area contributed by atoms with Gasteiger partial charge in [0.15, 0.2) is 0 Å². The van der Waals surface area contributed by atoms with E-state index >= 15 is 0 Å². The van der Waals surface area contributed by atoms with E-state index in [0.717, 1.165) is 29.7 Å². The molecule has 1 aliphatic heterocycles. The maximum atomic E-state index is 13.4. The van der Waals surface area contributed by atoms with Gasteiger partial charge in [0.2, 0.25) is 5.91 Å². The summed E-state index contributed by atoms with van der Waals surface area (Å²) in [6.07, 6.45) is 0.719. The molecule has 3 atom stereocenters. The first-order valence-electron chi connectivity index (χ1n) is 11.3. The lowest BCUT2D eigenvalue weighted by Crippen LogP contribution is -2.31. The third kappa shape index (κ3) is 3.70. The van der Waals surface area contributed by atoms with Crippen molar-refractivity contribution in [3.63, 3.8) is 0 Å². The van der Waals surface area contributed by atoms with Crippen molar-refractivity contribution in [2.45, 2.75) is 25.8 Å². The molecule has 3 unspecified atom stereocenters. The van der Waals surface area contributed by atoms with E-state index in [1.807, 2.05) is 66.4 Å². The zero-order valence-electron chi connectivity index (χ0n) is 18.2. The third-order valence-corrected chi connectivity index (χ3v) is 6.81. The molecule has 32 heavy (non-hydrogen) atoms. The molecule has 4 heteroatoms. The summed E-state index contributed by atoms with van der Waals surface area (Å²) >= 11 is 0. The van der Waals surface area contributed by atoms with Gasteiger partial charge in [0.25, 0.3) is 0 Å². The predicted molar refractivity (Wildman–Crippen MR) is 123 cm³/mol. The Morgan fingerprint density at radius 3 is 2.44 bits per heavy atom. The third-order valence-electron chi connectivity index (χ3n) is 6.81. The first-order valence-corrected chi connectivity index (χ1v) is 11.3. The van der Waals surface area contributed by atoms with Gasteiger partial charge >= 0.3 is 5.97 Å². The molecule has 3 aromatic carbocycles. The van der Waals surface area contributed by atoms with Crippen LogP contribution in [-0.4, -0.2) is 29.9 Å². The fourth-order valence-electron chi connectivity index (χ4n) is 5.38. The van der Waals surface area contributed by atoms with Crippen molar-refractivity contribution in [3.8, 4) is 0 Å². The average Bonchev–Trinajstić information content (AvgIpc) is 3.13. The first-order chi connectivity index (χ1) is 15.7. The van der Waals surface area contributed by atoms with E-state index in [1.54, 1.807) is 0 Å². The Labute approximate surface area is 188 Å². The summed E-state index contributed by atoms with van der Waals surface area (Å²) in [6, 6.07) is 26.4. The van der Waals surface area contributed by atoms with Crippen LogP contribution in [0, 0.1) is 11.8 Å². The number of hydrogen-bond donors (Lipinski definition) is 0. The first kappa shape index (κ1) is 20.5. The quantitative estimate of drug-likeness (QED) is 0.550. The van der Waals surface area contributed by atoms with Gasteiger partial charge in [-0.1, -0.05) is 66.7 Å². The van der Waals surface area contributed by atoms with E-state index in [0.29, 0.717) is 18.7 Å². The van der Waals surface area contributed by atoms with Crippen LogP contribution < -0.4 is 0 Å². The number of fused-ring (bicyclic) bond motifs is 2. The van der Waals surface area contributed by atoms with Gasteiger partial charge in [0, 0.05) is 24.9 Å². The summed E-state index contributed by atoms with van der Waals surface area (Å²) in [5.74, 6) is 0.157. The van der Waals surface area contributed by atoms with E-state index in [-0.39, 0.29) is 29.6 Å². The van der Waals surface area contributed by atoms with Gasteiger partial charge in [-0.3, -0.25) is 4.79 Å². The highest BCUT2D eigenvalue weighted by Crippen LogP contribution is 2.48. The number of carbonyl (C=O) groups excluding carboxylic acids is 2. The second kappa shape index (κ2) is 8.62. The minimum atomic E-state index is -0.294. The highest BCUT2D eigenvalue weighted by atomic mass is 16.5. The molecule has 5 rings (SSSR count). The normalized spacial score (nSPS) is 21.7. The number of likely N-dealkylation sites (tertiary alicyclic amines) is 1. The highest BCUT2D eigenvalue weighted by molar-refractivity contribution is 5.90. The predicted octanol–water partition coefficient (Wildman–Crippen LogP) is 4.83. The van der Waals surface area contributed by atoms with E-state index in [2.05, 4.69) is 24.3 Å². The Morgan fingerprint density at radius 2 is 1.72 bits per heavy atom. The lowest BCUT2D eigenvalue weighted by molar-refractivity contribution is -0.131. The van der Waals surface area contributed by atoms with Gasteiger partial charge < -0.3 is 9.64 Å². The molecular formula is C28H27NO3. The summed E-state index contributed by atoms with van der Waals surface area (Å²) in [5.41, 5.74) is 5.23. The monoisotopic (exact) mass is 425 g/mol. The van der Waals surface area contributed by atoms with Crippen molar-refractivity contribution in [1.29, 1.82) is 0 Å². The van der Waals surface area contributed by atoms with Crippen molar-refractivity contribution in [2.24, 2.45) is 11.8 Å². The van der Waals surface area contributed by atoms with Crippen LogP contribution in [0.15, 0.2) is 78.9 Å². The zero-order chi connectivity index (χ0) is 22.1. The number of ether oxygens (including phenoxy) is 1. The Hall–Kier alpha value is -3.40. The fourth-order valence-corrected chi connectivity index (χ4v) is 5.38. The van der Waals surface area contributed by atoms with Crippen LogP contribution in [0.3, 0.4) is 0 Å². The van der Waals surface area contributed by atoms with Crippen LogP contribution in [0.5, 0.6) is 0 Å². The molecule has 0 N–H and O–H groups in total. The number of amides is 1. The summed E-state index contributed by atoms with van der Waals surface area (Å²) in [5, 5.41) is 0. The van der Waals surface area contributed by atoms with Crippen molar-refractivity contribution in [1.82, 2.24) is 4.90 Å². The number of nitrogens with zero attached hydrogens (tertiary/aromatic N) is 1. The molecule has 0 spiro atoms. The molecule has 3 aromatic rings. The lowest BCUT2D eigenvalue weighted by atomic mass is 9.67. The minimum Gasteiger partial charge on any atom is -0.462 e. The van der Waals surface area contributed by atoms with Crippen molar-refractivity contribution in [3.05, 3.63) is 107 Å². The van der Waals surface area contributed by atoms with Gasteiger partial charge in [-0.2, -0.15) is 0 Å². The second-order valence-corrected chi connectivity index (χ2v) is 8.70. The SMILES string of the molecule is CCOC(=O)c1ccc2c(c1)C(c1ccccc1)C1CN(Cc3ccccc3)C(=O)C1C2. The number of hydrogen-bond acceptors (Lipinski definition) is 3. The number of benzene rings is 3. The molecule has 1 saturated heterocycles. The maximum absolute atomic E-state index is 13.4. The molecular weight excluding hydrogens is 398 g/mol. The van der Waals surface area contributed by atoms with Crippen LogP contribution in [0.2, 0.25) is 0 Å². The second-order valence-electron chi connectivity index (χ2n) is 8.70. The molecule has 0 saturated carbocycles. The van der Waals surface area contributed by atoms with E-state index < -0.39 is 0 Å². The summed E-state index contributed by atoms with van der Waals surface area (Å²) < 4.78 is 5.25. The number of rotatable bonds is 5. The van der Waals surface area contributed by atoms with Crippen LogP contribution in [0.1, 0.15) is 45.5 Å². The molecule has 0 aromatic heterocycles. The van der Waals surface area contributed by atoms with Crippen molar-refractivity contribution >= 4 is 11.9 Å². The van der Waals surface area contributed by atoms with Crippen molar-refractivity contribution in [2.75, 3.05) is 13.2 Å². The molecule has 0 bridgehead atoms. The zero-order valence-corrected chi connectivity index (χ0v) is 18.2. The van der Waals surface area contributed by atoms with E-state index in [4.69, 9.17) is 4.74 Å². The highest BCUT2D eigenvalue weighted by Gasteiger charge is 2.48. The average molecular weight is 426 g/mol. The van der Waals surface area contributed by atoms with Gasteiger partial charge in [-0.15, -0.1) is 0 Å². The number of carbonyl (C=O) groups is 2. The van der Waals surface area contributed by atoms with Crippen LogP contribution in [0.25, 0.3) is 0 Å². The molecule has 1 heterocycles. The molecule has 1 aliphatic carbocycles. The van der Waals surface area contributed by atoms with Crippen molar-refractivity contribution < 1.29 is 14.3 Å². The fraction of sp³-hybridized carbons (Fsp3) is 0.286. The van der Waals surface area contributed by atoms with Crippen LogP contribution in [0.4, 0.5) is 0 Å². The van der Waals surface area contributed by atoms with E-state index in [9.17, 15) is 9.59 Å². The summed E-state index contributed by atoms with van der Waals surface area (Å²) in [4.78, 5) is 27.9. The Kier molecular flexibility index (Phi) is 5.52. The summed E-state index contributed by atoms with van der Waals surface area (Å²) in [7, 11) is 0. The molecule has 4 nitrogen and oxygen atoms in total. The lowest BCUT2D eigenvalue weighted by Gasteiger charge is -2.35. The molecule has 2 aliphatic rings. The molecule has 0 radical (unpaired) electrons. The van der Waals surface area contributed by atoms with Gasteiger partial charge in [0.1, 0.15) is 0 Å². The van der Waals surface area contributed by atoms with Gasteiger partial charge in [-0.05, 0) is 53.6 Å². The van der Waals surface area contributed by atoms with E-state index in [1.165, 1.54) is 5.56 Å². The van der Waals surface area contributed by atoms with Gasteiger partial charge in [0.05, 0.1) is 12.2 Å².